The molecule has 118 valence electrons. The Morgan fingerprint density at radius 1 is 1.32 bits per heavy atom. The Morgan fingerprint density at radius 2 is 2.05 bits per heavy atom. The Hall–Kier alpha value is -1.33. The largest absolute Gasteiger partial charge is 0.459 e. The fraction of sp³-hybridized carbons (Fsp3) is 0.471. The third-order valence-electron chi connectivity index (χ3n) is 4.07. The van der Waals surface area contributed by atoms with Crippen LogP contribution in [-0.4, -0.2) is 22.3 Å². The summed E-state index contributed by atoms with van der Waals surface area (Å²) in [4.78, 5) is 4.35. The van der Waals surface area contributed by atoms with Gasteiger partial charge in [-0.3, -0.25) is 4.57 Å². The summed E-state index contributed by atoms with van der Waals surface area (Å²) in [6, 6.07) is 9.32. The van der Waals surface area contributed by atoms with E-state index in [2.05, 4.69) is 56.7 Å². The molecule has 0 bridgehead atoms. The molecule has 2 aromatic rings. The molecule has 0 aliphatic carbocycles. The number of ether oxygens (including phenoxy) is 2. The second-order valence-corrected chi connectivity index (χ2v) is 6.38. The van der Waals surface area contributed by atoms with Crippen molar-refractivity contribution >= 4 is 15.9 Å². The van der Waals surface area contributed by atoms with E-state index in [4.69, 9.17) is 9.47 Å². The fourth-order valence-corrected chi connectivity index (χ4v) is 2.97. The molecule has 1 aromatic heterocycles. The van der Waals surface area contributed by atoms with E-state index in [9.17, 15) is 0 Å². The number of imidazole rings is 1. The maximum atomic E-state index is 5.83. The molecule has 0 amide bonds. The predicted octanol–water partition coefficient (Wildman–Crippen LogP) is 3.88. The molecule has 2 heterocycles. The molecule has 0 saturated carbocycles. The lowest BCUT2D eigenvalue weighted by Gasteiger charge is -2.10. The molecule has 5 heteroatoms. The van der Waals surface area contributed by atoms with Crippen molar-refractivity contribution in [3.63, 3.8) is 0 Å². The number of benzene rings is 1. The molecular formula is C17H21BrN2O2. The van der Waals surface area contributed by atoms with Gasteiger partial charge in [-0.05, 0) is 40.4 Å². The molecule has 0 saturated heterocycles. The van der Waals surface area contributed by atoms with Crippen LogP contribution in [0.2, 0.25) is 0 Å². The highest BCUT2D eigenvalue weighted by atomic mass is 79.9. The van der Waals surface area contributed by atoms with E-state index in [1.165, 1.54) is 11.1 Å². The van der Waals surface area contributed by atoms with E-state index < -0.39 is 0 Å². The molecule has 0 spiro atoms. The Kier molecular flexibility index (Phi) is 4.84. The zero-order valence-corrected chi connectivity index (χ0v) is 14.6. The molecule has 1 aromatic carbocycles. The Bertz CT molecular complexity index is 637. The second-order valence-electron chi connectivity index (χ2n) is 5.63. The highest BCUT2D eigenvalue weighted by molar-refractivity contribution is 9.10. The van der Waals surface area contributed by atoms with Crippen LogP contribution >= 0.6 is 15.9 Å². The van der Waals surface area contributed by atoms with Crippen molar-refractivity contribution in [2.24, 2.45) is 0 Å². The SMILES string of the molecule is CCc1ccc(COCCC2Cn3c(nc(Br)c3C)O2)cc1. The molecule has 1 aliphatic rings. The van der Waals surface area contributed by atoms with Crippen molar-refractivity contribution in [1.82, 2.24) is 9.55 Å². The topological polar surface area (TPSA) is 36.3 Å². The van der Waals surface area contributed by atoms with Crippen LogP contribution < -0.4 is 4.74 Å². The summed E-state index contributed by atoms with van der Waals surface area (Å²) < 4.78 is 14.6. The quantitative estimate of drug-likeness (QED) is 0.729. The minimum Gasteiger partial charge on any atom is -0.459 e. The number of aromatic nitrogens is 2. The molecule has 1 atom stereocenters. The maximum absolute atomic E-state index is 5.83. The van der Waals surface area contributed by atoms with Crippen LogP contribution in [0.15, 0.2) is 28.9 Å². The van der Waals surface area contributed by atoms with E-state index in [1.807, 2.05) is 6.92 Å². The first-order chi connectivity index (χ1) is 10.7. The zero-order chi connectivity index (χ0) is 15.5. The predicted molar refractivity (Wildman–Crippen MR) is 89.2 cm³/mol. The van der Waals surface area contributed by atoms with Gasteiger partial charge in [-0.2, -0.15) is 4.98 Å². The van der Waals surface area contributed by atoms with Crippen molar-refractivity contribution in [3.8, 4) is 6.01 Å². The van der Waals surface area contributed by atoms with Gasteiger partial charge in [0.05, 0.1) is 25.5 Å². The highest BCUT2D eigenvalue weighted by Crippen LogP contribution is 2.29. The van der Waals surface area contributed by atoms with Crippen LogP contribution in [0.1, 0.15) is 30.2 Å². The summed E-state index contributed by atoms with van der Waals surface area (Å²) in [6.07, 6.45) is 2.12. The van der Waals surface area contributed by atoms with Gasteiger partial charge in [0.1, 0.15) is 10.7 Å². The average molecular weight is 365 g/mol. The molecule has 0 N–H and O–H groups in total. The fourth-order valence-electron chi connectivity index (χ4n) is 2.60. The lowest BCUT2D eigenvalue weighted by atomic mass is 10.1. The first-order valence-electron chi connectivity index (χ1n) is 7.72. The summed E-state index contributed by atoms with van der Waals surface area (Å²) >= 11 is 3.42. The number of aryl methyl sites for hydroxylation is 1. The summed E-state index contributed by atoms with van der Waals surface area (Å²) in [6.45, 7) is 6.42. The number of fused-ring (bicyclic) bond motifs is 1. The molecule has 1 aliphatic heterocycles. The molecule has 0 fully saturated rings. The Balaban J connectivity index is 1.41. The van der Waals surface area contributed by atoms with Gasteiger partial charge in [-0.25, -0.2) is 0 Å². The summed E-state index contributed by atoms with van der Waals surface area (Å²) in [5.41, 5.74) is 3.70. The van der Waals surface area contributed by atoms with Crippen LogP contribution in [0, 0.1) is 6.92 Å². The molecule has 4 nitrogen and oxygen atoms in total. The number of hydrogen-bond donors (Lipinski definition) is 0. The van der Waals surface area contributed by atoms with Gasteiger partial charge in [0.25, 0.3) is 6.01 Å². The van der Waals surface area contributed by atoms with Gasteiger partial charge in [-0.1, -0.05) is 31.2 Å². The lowest BCUT2D eigenvalue weighted by molar-refractivity contribution is 0.0874. The van der Waals surface area contributed by atoms with Crippen LogP contribution in [0.4, 0.5) is 0 Å². The van der Waals surface area contributed by atoms with Gasteiger partial charge < -0.3 is 9.47 Å². The van der Waals surface area contributed by atoms with E-state index in [0.29, 0.717) is 19.2 Å². The van der Waals surface area contributed by atoms with E-state index in [1.54, 1.807) is 0 Å². The third kappa shape index (κ3) is 3.36. The Labute approximate surface area is 139 Å². The zero-order valence-electron chi connectivity index (χ0n) is 13.0. The van der Waals surface area contributed by atoms with Gasteiger partial charge in [0.15, 0.2) is 0 Å². The Morgan fingerprint density at radius 3 is 2.73 bits per heavy atom. The number of rotatable bonds is 6. The van der Waals surface area contributed by atoms with Crippen LogP contribution in [-0.2, 0) is 24.3 Å². The van der Waals surface area contributed by atoms with Crippen molar-refractivity contribution in [1.29, 1.82) is 0 Å². The lowest BCUT2D eigenvalue weighted by Crippen LogP contribution is -2.17. The molecular weight excluding hydrogens is 344 g/mol. The van der Waals surface area contributed by atoms with Crippen molar-refractivity contribution < 1.29 is 9.47 Å². The number of hydrogen-bond acceptors (Lipinski definition) is 3. The van der Waals surface area contributed by atoms with Gasteiger partial charge in [0, 0.05) is 6.42 Å². The van der Waals surface area contributed by atoms with Crippen molar-refractivity contribution in [3.05, 3.63) is 45.7 Å². The standard InChI is InChI=1S/C17H21BrN2O2/c1-3-13-4-6-14(7-5-13)11-21-9-8-15-10-20-12(2)16(18)19-17(20)22-15/h4-7,15H,3,8-11H2,1-2H3. The van der Waals surface area contributed by atoms with Crippen LogP contribution in [0.25, 0.3) is 0 Å². The van der Waals surface area contributed by atoms with Gasteiger partial charge in [0.2, 0.25) is 0 Å². The average Bonchev–Trinajstić information content (AvgIpc) is 3.04. The van der Waals surface area contributed by atoms with Crippen LogP contribution in [0.3, 0.4) is 0 Å². The minimum absolute atomic E-state index is 0.164. The van der Waals surface area contributed by atoms with Crippen LogP contribution in [0.5, 0.6) is 6.01 Å². The summed E-state index contributed by atoms with van der Waals surface area (Å²) in [5.74, 6) is 0. The molecule has 22 heavy (non-hydrogen) atoms. The minimum atomic E-state index is 0.164. The van der Waals surface area contributed by atoms with E-state index >= 15 is 0 Å². The van der Waals surface area contributed by atoms with Gasteiger partial charge >= 0.3 is 0 Å². The highest BCUT2D eigenvalue weighted by Gasteiger charge is 2.26. The van der Waals surface area contributed by atoms with E-state index in [-0.39, 0.29) is 6.10 Å². The molecule has 3 rings (SSSR count). The van der Waals surface area contributed by atoms with Gasteiger partial charge in [-0.15, -0.1) is 0 Å². The van der Waals surface area contributed by atoms with Crippen molar-refractivity contribution in [2.75, 3.05) is 6.61 Å². The monoisotopic (exact) mass is 364 g/mol. The first-order valence-corrected chi connectivity index (χ1v) is 8.51. The summed E-state index contributed by atoms with van der Waals surface area (Å²) in [5, 5.41) is 0. The maximum Gasteiger partial charge on any atom is 0.298 e. The summed E-state index contributed by atoms with van der Waals surface area (Å²) in [7, 11) is 0. The first kappa shape index (κ1) is 15.6. The molecule has 0 radical (unpaired) electrons. The smallest absolute Gasteiger partial charge is 0.298 e. The van der Waals surface area contributed by atoms with E-state index in [0.717, 1.165) is 29.7 Å². The normalized spacial score (nSPS) is 16.6. The molecule has 1 unspecified atom stereocenters. The number of halogens is 1. The second kappa shape index (κ2) is 6.84. The number of nitrogens with zero attached hydrogens (tertiary/aromatic N) is 2. The third-order valence-corrected chi connectivity index (χ3v) is 4.82. The van der Waals surface area contributed by atoms with Crippen molar-refractivity contribution in [2.45, 2.75) is 45.9 Å².